The van der Waals surface area contributed by atoms with Gasteiger partial charge in [0, 0.05) is 30.8 Å². The van der Waals surface area contributed by atoms with Crippen LogP contribution in [0.1, 0.15) is 54.7 Å². The summed E-state index contributed by atoms with van der Waals surface area (Å²) < 4.78 is 46.7. The zero-order valence-corrected chi connectivity index (χ0v) is 21.5. The van der Waals surface area contributed by atoms with Crippen molar-refractivity contribution in [3.63, 3.8) is 0 Å². The molecule has 2 N–H and O–H groups in total. The minimum absolute atomic E-state index is 0.0371. The fourth-order valence-corrected chi connectivity index (χ4v) is 4.94. The molecule has 202 valence electrons. The molecule has 2 aromatic heterocycles. The molecule has 2 atom stereocenters. The van der Waals surface area contributed by atoms with Gasteiger partial charge in [0.1, 0.15) is 23.3 Å². The summed E-state index contributed by atoms with van der Waals surface area (Å²) in [7, 11) is 0. The number of hydrogen-bond donors (Lipinski definition) is 2. The minimum atomic E-state index is -4.54. The number of rotatable bonds is 7. The van der Waals surface area contributed by atoms with E-state index >= 15 is 0 Å². The maximum absolute atomic E-state index is 13.6. The summed E-state index contributed by atoms with van der Waals surface area (Å²) in [6.07, 6.45) is -0.835. The number of carbonyl (C=O) groups is 2. The summed E-state index contributed by atoms with van der Waals surface area (Å²) in [5.74, 6) is 0.440. The summed E-state index contributed by atoms with van der Waals surface area (Å²) in [6.45, 7) is 6.90. The number of ether oxygens (including phenoxy) is 1. The van der Waals surface area contributed by atoms with E-state index in [1.165, 1.54) is 12.4 Å². The van der Waals surface area contributed by atoms with Gasteiger partial charge in [0.25, 0.3) is 5.91 Å². The van der Waals surface area contributed by atoms with Gasteiger partial charge in [-0.25, -0.2) is 9.97 Å². The van der Waals surface area contributed by atoms with Crippen molar-refractivity contribution in [2.75, 3.05) is 19.7 Å². The Balaban J connectivity index is 1.50. The monoisotopic (exact) mass is 529 g/mol. The van der Waals surface area contributed by atoms with Crippen molar-refractivity contribution in [1.29, 1.82) is 0 Å². The summed E-state index contributed by atoms with van der Waals surface area (Å²) in [6, 6.07) is 3.12. The highest BCUT2D eigenvalue weighted by Gasteiger charge is 2.35. The number of carbonyl (C=O) groups excluding carboxylic acids is 2. The van der Waals surface area contributed by atoms with Crippen molar-refractivity contribution < 1.29 is 27.5 Å². The van der Waals surface area contributed by atoms with E-state index in [0.29, 0.717) is 60.1 Å². The number of hydrogen-bond acceptors (Lipinski definition) is 5. The number of aryl methyl sites for hydroxylation is 1. The molecule has 0 bridgehead atoms. The second kappa shape index (κ2) is 9.92. The van der Waals surface area contributed by atoms with E-state index < -0.39 is 11.7 Å². The molecule has 0 spiro atoms. The Morgan fingerprint density at radius 2 is 1.97 bits per heavy atom. The number of halogens is 3. The summed E-state index contributed by atoms with van der Waals surface area (Å²) >= 11 is 0. The zero-order valence-electron chi connectivity index (χ0n) is 21.5. The van der Waals surface area contributed by atoms with Gasteiger partial charge in [-0.05, 0) is 49.8 Å². The Hall–Kier alpha value is -3.63. The van der Waals surface area contributed by atoms with E-state index in [0.717, 1.165) is 25.0 Å². The van der Waals surface area contributed by atoms with Crippen LogP contribution in [0, 0.1) is 18.8 Å². The number of fused-ring (bicyclic) bond motifs is 1. The van der Waals surface area contributed by atoms with Gasteiger partial charge in [0.15, 0.2) is 0 Å². The standard InChI is InChI=1S/C27H30F3N5O3/c1-4-21(36)35-10-14(2)19(11-35)34-26(37)22-15(3)33-25-23(31-13-32-24(22)25)18-9-17(27(28,29)30)7-8-20(18)38-12-16-5-6-16/h7-9,13-14,16,19,33H,4-6,10-12H2,1-3H3,(H,34,37). The van der Waals surface area contributed by atoms with Crippen LogP contribution in [0.5, 0.6) is 5.75 Å². The van der Waals surface area contributed by atoms with Gasteiger partial charge in [0.2, 0.25) is 5.91 Å². The maximum Gasteiger partial charge on any atom is 0.416 e. The highest BCUT2D eigenvalue weighted by atomic mass is 19.4. The Kier molecular flexibility index (Phi) is 6.79. The van der Waals surface area contributed by atoms with Gasteiger partial charge >= 0.3 is 6.18 Å². The second-order valence-electron chi connectivity index (χ2n) is 10.2. The molecule has 2 amide bonds. The smallest absolute Gasteiger partial charge is 0.416 e. The van der Waals surface area contributed by atoms with Crippen LogP contribution in [0.4, 0.5) is 13.2 Å². The average molecular weight is 530 g/mol. The lowest BCUT2D eigenvalue weighted by atomic mass is 10.0. The van der Waals surface area contributed by atoms with Crippen LogP contribution in [-0.4, -0.2) is 57.4 Å². The van der Waals surface area contributed by atoms with E-state index in [1.54, 1.807) is 18.7 Å². The van der Waals surface area contributed by atoms with Crippen LogP contribution in [0.3, 0.4) is 0 Å². The SMILES string of the molecule is CCC(=O)N1CC(C)C(NC(=O)c2c(C)[nH]c3c(-c4cc(C(F)(F)F)ccc4OCC4CC4)ncnc23)C1. The van der Waals surface area contributed by atoms with Crippen molar-refractivity contribution in [3.05, 3.63) is 41.3 Å². The van der Waals surface area contributed by atoms with Gasteiger partial charge in [-0.2, -0.15) is 13.2 Å². The van der Waals surface area contributed by atoms with Crippen molar-refractivity contribution in [2.24, 2.45) is 11.8 Å². The predicted molar refractivity (Wildman–Crippen MR) is 135 cm³/mol. The number of nitrogens with zero attached hydrogens (tertiary/aromatic N) is 3. The molecule has 8 nitrogen and oxygen atoms in total. The first-order chi connectivity index (χ1) is 18.1. The number of amides is 2. The Morgan fingerprint density at radius 3 is 2.66 bits per heavy atom. The number of benzene rings is 1. The molecule has 2 fully saturated rings. The van der Waals surface area contributed by atoms with E-state index in [9.17, 15) is 22.8 Å². The first kappa shape index (κ1) is 26.0. The third-order valence-electron chi connectivity index (χ3n) is 7.32. The largest absolute Gasteiger partial charge is 0.493 e. The molecule has 3 aromatic rings. The lowest BCUT2D eigenvalue weighted by Crippen LogP contribution is -2.40. The van der Waals surface area contributed by atoms with Crippen LogP contribution in [0.15, 0.2) is 24.5 Å². The van der Waals surface area contributed by atoms with Crippen molar-refractivity contribution in [1.82, 2.24) is 25.2 Å². The second-order valence-corrected chi connectivity index (χ2v) is 10.2. The number of aromatic nitrogens is 3. The molecule has 2 unspecified atom stereocenters. The van der Waals surface area contributed by atoms with Crippen LogP contribution in [0.2, 0.25) is 0 Å². The topological polar surface area (TPSA) is 100 Å². The molecule has 38 heavy (non-hydrogen) atoms. The molecule has 5 rings (SSSR count). The van der Waals surface area contributed by atoms with Gasteiger partial charge in [0.05, 0.1) is 29.3 Å². The average Bonchev–Trinajstić information content (AvgIpc) is 3.55. The number of alkyl halides is 3. The van der Waals surface area contributed by atoms with Crippen molar-refractivity contribution in [3.8, 4) is 17.0 Å². The molecule has 0 radical (unpaired) electrons. The number of nitrogens with one attached hydrogen (secondary N) is 2. The van der Waals surface area contributed by atoms with Crippen LogP contribution < -0.4 is 10.1 Å². The number of likely N-dealkylation sites (tertiary alicyclic amines) is 1. The van der Waals surface area contributed by atoms with Crippen molar-refractivity contribution >= 4 is 22.8 Å². The number of aromatic amines is 1. The first-order valence-corrected chi connectivity index (χ1v) is 12.8. The normalized spacial score (nSPS) is 19.7. The highest BCUT2D eigenvalue weighted by Crippen LogP contribution is 2.40. The summed E-state index contributed by atoms with van der Waals surface area (Å²) in [5, 5.41) is 3.03. The van der Waals surface area contributed by atoms with Crippen molar-refractivity contribution in [2.45, 2.75) is 52.3 Å². The minimum Gasteiger partial charge on any atom is -0.493 e. The molecule has 1 saturated carbocycles. The lowest BCUT2D eigenvalue weighted by molar-refractivity contribution is -0.137. The molecule has 1 aromatic carbocycles. The number of H-pyrrole nitrogens is 1. The Morgan fingerprint density at radius 1 is 1.21 bits per heavy atom. The molecular formula is C27H30F3N5O3. The van der Waals surface area contributed by atoms with E-state index in [2.05, 4.69) is 20.3 Å². The van der Waals surface area contributed by atoms with Gasteiger partial charge in [-0.15, -0.1) is 0 Å². The van der Waals surface area contributed by atoms with E-state index in [-0.39, 0.29) is 35.0 Å². The fourth-order valence-electron chi connectivity index (χ4n) is 4.94. The zero-order chi connectivity index (χ0) is 27.2. The Labute approximate surface area is 218 Å². The Bertz CT molecular complexity index is 1380. The van der Waals surface area contributed by atoms with Gasteiger partial charge in [-0.3, -0.25) is 9.59 Å². The van der Waals surface area contributed by atoms with Gasteiger partial charge < -0.3 is 19.9 Å². The molecule has 1 saturated heterocycles. The maximum atomic E-state index is 13.6. The molecule has 1 aliphatic heterocycles. The van der Waals surface area contributed by atoms with E-state index in [4.69, 9.17) is 4.74 Å². The van der Waals surface area contributed by atoms with E-state index in [1.807, 2.05) is 6.92 Å². The van der Waals surface area contributed by atoms with Crippen LogP contribution >= 0.6 is 0 Å². The molecule has 3 heterocycles. The molecular weight excluding hydrogens is 499 g/mol. The first-order valence-electron chi connectivity index (χ1n) is 12.8. The third kappa shape index (κ3) is 5.06. The lowest BCUT2D eigenvalue weighted by Gasteiger charge is -2.17. The fraction of sp³-hybridized carbons (Fsp3) is 0.481. The van der Waals surface area contributed by atoms with Gasteiger partial charge in [-0.1, -0.05) is 13.8 Å². The quantitative estimate of drug-likeness (QED) is 0.461. The summed E-state index contributed by atoms with van der Waals surface area (Å²) in [5.41, 5.74) is 1.06. The van der Waals surface area contributed by atoms with Crippen LogP contribution in [-0.2, 0) is 11.0 Å². The molecule has 11 heteroatoms. The predicted octanol–water partition coefficient (Wildman–Crippen LogP) is 4.73. The third-order valence-corrected chi connectivity index (χ3v) is 7.32. The summed E-state index contributed by atoms with van der Waals surface area (Å²) in [4.78, 5) is 39.0. The highest BCUT2D eigenvalue weighted by molar-refractivity contribution is 6.09. The van der Waals surface area contributed by atoms with Crippen LogP contribution in [0.25, 0.3) is 22.3 Å². The molecule has 2 aliphatic rings. The molecule has 1 aliphatic carbocycles.